The van der Waals surface area contributed by atoms with Gasteiger partial charge in [-0.2, -0.15) is 4.98 Å². The van der Waals surface area contributed by atoms with E-state index in [1.807, 2.05) is 49.4 Å². The number of halogens is 4. The van der Waals surface area contributed by atoms with Gasteiger partial charge in [-0.3, -0.25) is 0 Å². The Labute approximate surface area is 301 Å². The Kier molecular flexibility index (Phi) is 10.9. The average Bonchev–Trinajstić information content (AvgIpc) is 3.46. The molecule has 1 N–H and O–H groups in total. The fourth-order valence-electron chi connectivity index (χ4n) is 5.75. The van der Waals surface area contributed by atoms with E-state index in [0.29, 0.717) is 59.2 Å². The van der Waals surface area contributed by atoms with Crippen LogP contribution in [0.15, 0.2) is 75.5 Å². The number of hydrogen-bond donors (Lipinski definition) is 1. The largest absolute Gasteiger partial charge is 0.493 e. The number of fused-ring (bicyclic) bond motifs is 1. The Hall–Kier alpha value is -2.89. The number of nitrogens with zero attached hydrogens (tertiary/aromatic N) is 3. The van der Waals surface area contributed by atoms with Crippen molar-refractivity contribution in [3.8, 4) is 11.5 Å². The van der Waals surface area contributed by atoms with Crippen molar-refractivity contribution < 1.29 is 19.0 Å². The lowest BCUT2D eigenvalue weighted by atomic mass is 9.94. The number of esters is 1. The molecule has 246 valence electrons. The van der Waals surface area contributed by atoms with Crippen molar-refractivity contribution >= 4 is 74.4 Å². The number of hydrogen-bond acceptors (Lipinski definition) is 8. The lowest BCUT2D eigenvalue weighted by Gasteiger charge is -2.30. The summed E-state index contributed by atoms with van der Waals surface area (Å²) in [6.45, 7) is 2.05. The van der Waals surface area contributed by atoms with Crippen molar-refractivity contribution in [3.05, 3.63) is 102 Å². The summed E-state index contributed by atoms with van der Waals surface area (Å²) in [5.41, 5.74) is 3.58. The zero-order valence-electron chi connectivity index (χ0n) is 25.7. The number of rotatable bonds is 10. The molecule has 0 spiro atoms. The van der Waals surface area contributed by atoms with Crippen LogP contribution < -0.4 is 14.8 Å². The van der Waals surface area contributed by atoms with Gasteiger partial charge >= 0.3 is 5.97 Å². The van der Waals surface area contributed by atoms with Crippen molar-refractivity contribution in [3.63, 3.8) is 0 Å². The van der Waals surface area contributed by atoms with Gasteiger partial charge in [0.05, 0.1) is 17.2 Å². The first-order valence-electron chi connectivity index (χ1n) is 15.2. The lowest BCUT2D eigenvalue weighted by molar-refractivity contribution is -0.146. The summed E-state index contributed by atoms with van der Waals surface area (Å²) in [6.07, 6.45) is 4.84. The molecule has 3 aromatic carbocycles. The van der Waals surface area contributed by atoms with E-state index in [1.165, 1.54) is 11.8 Å². The van der Waals surface area contributed by atoms with Crippen LogP contribution in [-0.2, 0) is 21.9 Å². The molecule has 0 radical (unpaired) electrons. The predicted octanol–water partition coefficient (Wildman–Crippen LogP) is 10.0. The number of aromatic nitrogens is 3. The lowest BCUT2D eigenvalue weighted by Crippen LogP contribution is -2.32. The Morgan fingerprint density at radius 3 is 2.57 bits per heavy atom. The van der Waals surface area contributed by atoms with E-state index in [1.54, 1.807) is 23.9 Å². The van der Waals surface area contributed by atoms with Gasteiger partial charge in [0.25, 0.3) is 0 Å². The number of ether oxygens (including phenoxy) is 3. The number of nitrogens with one attached hydrogen (secondary N) is 1. The molecule has 1 aliphatic heterocycles. The maximum atomic E-state index is 14.0. The average molecular weight is 779 g/mol. The van der Waals surface area contributed by atoms with Crippen LogP contribution in [-0.4, -0.2) is 33.9 Å². The standard InChI is InChI=1S/C34H32BrCl3N4O4S/c1-19-29(32(43)46-24-9-4-3-5-10-24)30(42-33(39-19)40-34(41-42)47-18-21-8-6-7-11-26(21)37)22-14-25(35)31(28(15-22)44-2)45-17-20-12-13-23(36)16-27(20)38/h6-8,11-16,24,30H,3-5,9-10,17-18H2,1-2H3,(H,39,40,41). The highest BCUT2D eigenvalue weighted by Gasteiger charge is 2.37. The van der Waals surface area contributed by atoms with Gasteiger partial charge in [-0.25, -0.2) is 9.48 Å². The second-order valence-corrected chi connectivity index (χ2v) is 14.4. The van der Waals surface area contributed by atoms with Crippen molar-refractivity contribution in [1.82, 2.24) is 14.8 Å². The van der Waals surface area contributed by atoms with E-state index in [4.69, 9.17) is 59.1 Å². The predicted molar refractivity (Wildman–Crippen MR) is 190 cm³/mol. The number of carbonyl (C=O) groups excluding carboxylic acids is 1. The summed E-state index contributed by atoms with van der Waals surface area (Å²) in [6, 6.07) is 16.0. The summed E-state index contributed by atoms with van der Waals surface area (Å²) in [5.74, 6) is 1.66. The molecule has 0 amide bonds. The molecule has 1 atom stereocenters. The van der Waals surface area contributed by atoms with Gasteiger partial charge < -0.3 is 19.5 Å². The first-order chi connectivity index (χ1) is 22.7. The molecule has 4 aromatic rings. The number of benzene rings is 3. The zero-order chi connectivity index (χ0) is 33.1. The highest BCUT2D eigenvalue weighted by Crippen LogP contribution is 2.44. The summed E-state index contributed by atoms with van der Waals surface area (Å²) >= 11 is 24.0. The van der Waals surface area contributed by atoms with Crippen LogP contribution in [0.4, 0.5) is 5.95 Å². The Bertz CT molecular complexity index is 1830. The second-order valence-electron chi connectivity index (χ2n) is 11.3. The third kappa shape index (κ3) is 7.73. The molecule has 47 heavy (non-hydrogen) atoms. The van der Waals surface area contributed by atoms with Gasteiger partial charge in [-0.05, 0) is 90.0 Å². The Morgan fingerprint density at radius 2 is 1.83 bits per heavy atom. The highest BCUT2D eigenvalue weighted by atomic mass is 79.9. The van der Waals surface area contributed by atoms with Crippen LogP contribution in [0.2, 0.25) is 15.1 Å². The molecule has 0 saturated heterocycles. The minimum atomic E-state index is -0.658. The van der Waals surface area contributed by atoms with Gasteiger partial charge in [0.15, 0.2) is 11.5 Å². The zero-order valence-corrected chi connectivity index (χ0v) is 30.4. The van der Waals surface area contributed by atoms with E-state index in [9.17, 15) is 4.79 Å². The van der Waals surface area contributed by atoms with Crippen LogP contribution >= 0.6 is 62.5 Å². The minimum absolute atomic E-state index is 0.118. The first-order valence-corrected chi connectivity index (χ1v) is 18.1. The summed E-state index contributed by atoms with van der Waals surface area (Å²) in [4.78, 5) is 18.7. The summed E-state index contributed by atoms with van der Waals surface area (Å²) in [5, 5.41) is 10.4. The van der Waals surface area contributed by atoms with Gasteiger partial charge in [-0.15, -0.1) is 5.10 Å². The van der Waals surface area contributed by atoms with Crippen LogP contribution in [0.5, 0.6) is 11.5 Å². The van der Waals surface area contributed by atoms with Crippen molar-refractivity contribution in [1.29, 1.82) is 0 Å². The van der Waals surface area contributed by atoms with E-state index < -0.39 is 6.04 Å². The molecule has 1 unspecified atom stereocenters. The molecule has 1 aromatic heterocycles. The van der Waals surface area contributed by atoms with Crippen molar-refractivity contribution in [2.75, 3.05) is 12.4 Å². The fourth-order valence-corrected chi connectivity index (χ4v) is 7.90. The molecule has 13 heteroatoms. The Balaban J connectivity index is 1.35. The van der Waals surface area contributed by atoms with Crippen LogP contribution in [0.1, 0.15) is 61.8 Å². The number of thioether (sulfide) groups is 1. The molecule has 8 nitrogen and oxygen atoms in total. The van der Waals surface area contributed by atoms with Crippen LogP contribution in [0.25, 0.3) is 0 Å². The van der Waals surface area contributed by atoms with E-state index in [0.717, 1.165) is 48.8 Å². The van der Waals surface area contributed by atoms with Crippen molar-refractivity contribution in [2.45, 2.75) is 68.7 Å². The molecular weight excluding hydrogens is 747 g/mol. The molecule has 1 saturated carbocycles. The molecule has 1 aliphatic carbocycles. The smallest absolute Gasteiger partial charge is 0.338 e. The first kappa shape index (κ1) is 34.0. The van der Waals surface area contributed by atoms with Gasteiger partial charge in [0.2, 0.25) is 11.1 Å². The summed E-state index contributed by atoms with van der Waals surface area (Å²) < 4.78 is 20.5. The SMILES string of the molecule is COc1cc(C2C(C(=O)OC3CCCCC3)=C(C)Nc3nc(SCc4ccccc4Cl)nn32)cc(Br)c1OCc1ccc(Cl)cc1Cl. The minimum Gasteiger partial charge on any atom is -0.493 e. The number of anilines is 1. The van der Waals surface area contributed by atoms with Gasteiger partial charge in [0, 0.05) is 32.1 Å². The molecule has 2 heterocycles. The van der Waals surface area contributed by atoms with E-state index in [-0.39, 0.29) is 18.7 Å². The third-order valence-electron chi connectivity index (χ3n) is 8.15. The van der Waals surface area contributed by atoms with Crippen molar-refractivity contribution in [2.24, 2.45) is 0 Å². The normalized spacial score (nSPS) is 16.4. The monoisotopic (exact) mass is 776 g/mol. The highest BCUT2D eigenvalue weighted by molar-refractivity contribution is 9.10. The van der Waals surface area contributed by atoms with E-state index in [2.05, 4.69) is 21.2 Å². The number of methoxy groups -OCH3 is 1. The third-order valence-corrected chi connectivity index (χ3v) is 10.6. The molecule has 6 rings (SSSR count). The van der Waals surface area contributed by atoms with Gasteiger partial charge in [0.1, 0.15) is 18.8 Å². The summed E-state index contributed by atoms with van der Waals surface area (Å²) in [7, 11) is 1.57. The maximum absolute atomic E-state index is 14.0. The number of allylic oxidation sites excluding steroid dienone is 1. The molecule has 1 fully saturated rings. The topological polar surface area (TPSA) is 87.5 Å². The molecule has 2 aliphatic rings. The molecule has 0 bridgehead atoms. The quantitative estimate of drug-likeness (QED) is 0.126. The molecular formula is C34H32BrCl3N4O4S. The maximum Gasteiger partial charge on any atom is 0.338 e. The Morgan fingerprint density at radius 1 is 1.04 bits per heavy atom. The second kappa shape index (κ2) is 15.1. The van der Waals surface area contributed by atoms with E-state index >= 15 is 0 Å². The van der Waals surface area contributed by atoms with Crippen LogP contribution in [0.3, 0.4) is 0 Å². The number of carbonyl (C=O) groups is 1. The van der Waals surface area contributed by atoms with Crippen LogP contribution in [0, 0.1) is 0 Å². The fraction of sp³-hybridized carbons (Fsp3) is 0.324. The van der Waals surface area contributed by atoms with Gasteiger partial charge in [-0.1, -0.05) is 77.3 Å².